The van der Waals surface area contributed by atoms with Gasteiger partial charge in [-0.1, -0.05) is 6.42 Å². The molecule has 0 aromatic carbocycles. The Bertz CT molecular complexity index is 148. The van der Waals surface area contributed by atoms with Crippen LogP contribution in [0.5, 0.6) is 0 Å². The van der Waals surface area contributed by atoms with Crippen molar-refractivity contribution < 1.29 is 4.79 Å². The van der Waals surface area contributed by atoms with Gasteiger partial charge in [-0.25, -0.2) is 0 Å². The molecule has 0 radical (unpaired) electrons. The van der Waals surface area contributed by atoms with Crippen LogP contribution < -0.4 is 11.5 Å². The minimum atomic E-state index is -0.488. The van der Waals surface area contributed by atoms with Gasteiger partial charge in [-0.2, -0.15) is 0 Å². The highest BCUT2D eigenvalue weighted by Crippen LogP contribution is 2.31. The van der Waals surface area contributed by atoms with E-state index in [9.17, 15) is 4.79 Å². The van der Waals surface area contributed by atoms with Gasteiger partial charge in [-0.05, 0) is 19.8 Å². The molecular formula is C8H16N2O. The van der Waals surface area contributed by atoms with E-state index in [4.69, 9.17) is 11.5 Å². The molecule has 0 spiro atoms. The minimum absolute atomic E-state index is 0.0521. The van der Waals surface area contributed by atoms with E-state index in [0.29, 0.717) is 0 Å². The van der Waals surface area contributed by atoms with Gasteiger partial charge >= 0.3 is 0 Å². The van der Waals surface area contributed by atoms with Gasteiger partial charge < -0.3 is 16.3 Å². The second-order valence-corrected chi connectivity index (χ2v) is 3.63. The predicted molar refractivity (Wildman–Crippen MR) is 44.0 cm³/mol. The van der Waals surface area contributed by atoms with Crippen LogP contribution in [-0.4, -0.2) is 18.4 Å². The molecule has 3 heteroatoms. The van der Waals surface area contributed by atoms with Crippen molar-refractivity contribution in [2.45, 2.75) is 38.3 Å². The first-order valence-electron chi connectivity index (χ1n) is 4.08. The summed E-state index contributed by atoms with van der Waals surface area (Å²) >= 11 is 0. The molecule has 1 aliphatic rings. The van der Waals surface area contributed by atoms with Crippen molar-refractivity contribution in [2.75, 3.05) is 0 Å². The molecule has 1 saturated carbocycles. The molecule has 0 aliphatic heterocycles. The van der Waals surface area contributed by atoms with Gasteiger partial charge in [0.05, 0.1) is 5.41 Å². The topological polar surface area (TPSA) is 69.1 Å². The molecule has 0 heterocycles. The Morgan fingerprint density at radius 1 is 1.36 bits per heavy atom. The van der Waals surface area contributed by atoms with Crippen LogP contribution in [0, 0.1) is 5.41 Å². The molecule has 3 nitrogen and oxygen atoms in total. The minimum Gasteiger partial charge on any atom is -0.327 e. The number of carbonyl (C=O) groups excluding carboxylic acids is 1. The van der Waals surface area contributed by atoms with Gasteiger partial charge in [-0.15, -0.1) is 0 Å². The summed E-state index contributed by atoms with van der Waals surface area (Å²) in [5.74, 6) is 0. The molecule has 11 heavy (non-hydrogen) atoms. The first-order valence-corrected chi connectivity index (χ1v) is 4.08. The number of carbonyl (C=O) groups is 1. The number of rotatable bonds is 1. The normalized spacial score (nSPS) is 45.4. The Morgan fingerprint density at radius 3 is 2.09 bits per heavy atom. The lowest BCUT2D eigenvalue weighted by molar-refractivity contribution is -0.118. The molecule has 2 atom stereocenters. The Morgan fingerprint density at radius 2 is 1.82 bits per heavy atom. The maximum absolute atomic E-state index is 10.7. The third-order valence-electron chi connectivity index (χ3n) is 2.88. The average Bonchev–Trinajstić information content (AvgIpc) is 2.00. The summed E-state index contributed by atoms with van der Waals surface area (Å²) < 4.78 is 0. The van der Waals surface area contributed by atoms with Crippen molar-refractivity contribution in [3.05, 3.63) is 0 Å². The highest BCUT2D eigenvalue weighted by molar-refractivity contribution is 5.61. The maximum atomic E-state index is 10.7. The molecule has 64 valence electrons. The fourth-order valence-electron chi connectivity index (χ4n) is 1.63. The van der Waals surface area contributed by atoms with E-state index in [1.54, 1.807) is 0 Å². The second kappa shape index (κ2) is 2.91. The van der Waals surface area contributed by atoms with E-state index in [-0.39, 0.29) is 12.1 Å². The highest BCUT2D eigenvalue weighted by atomic mass is 16.1. The average molecular weight is 156 g/mol. The Balaban J connectivity index is 2.77. The summed E-state index contributed by atoms with van der Waals surface area (Å²) in [6.45, 7) is 1.86. The third-order valence-corrected chi connectivity index (χ3v) is 2.88. The molecule has 0 saturated heterocycles. The molecule has 0 aromatic rings. The smallest absolute Gasteiger partial charge is 0.128 e. The number of hydrogen-bond acceptors (Lipinski definition) is 3. The molecule has 1 fully saturated rings. The van der Waals surface area contributed by atoms with Gasteiger partial charge in [0.25, 0.3) is 0 Å². The van der Waals surface area contributed by atoms with E-state index in [1.165, 1.54) is 0 Å². The number of aldehydes is 1. The molecular weight excluding hydrogens is 140 g/mol. The van der Waals surface area contributed by atoms with Crippen molar-refractivity contribution >= 4 is 6.29 Å². The van der Waals surface area contributed by atoms with Gasteiger partial charge in [-0.3, -0.25) is 0 Å². The molecule has 0 bridgehead atoms. The molecule has 0 amide bonds. The lowest BCUT2D eigenvalue weighted by Crippen LogP contribution is -2.55. The van der Waals surface area contributed by atoms with Crippen LogP contribution in [0.25, 0.3) is 0 Å². The van der Waals surface area contributed by atoms with Gasteiger partial charge in [0.15, 0.2) is 0 Å². The number of hydrogen-bond donors (Lipinski definition) is 2. The van der Waals surface area contributed by atoms with Crippen LogP contribution in [0.15, 0.2) is 0 Å². The van der Waals surface area contributed by atoms with E-state index in [0.717, 1.165) is 25.5 Å². The summed E-state index contributed by atoms with van der Waals surface area (Å²) in [6, 6.07) is -0.104. The summed E-state index contributed by atoms with van der Waals surface area (Å²) in [6.07, 6.45) is 3.80. The van der Waals surface area contributed by atoms with Crippen LogP contribution in [0.2, 0.25) is 0 Å². The van der Waals surface area contributed by atoms with Crippen molar-refractivity contribution in [2.24, 2.45) is 16.9 Å². The highest BCUT2D eigenvalue weighted by Gasteiger charge is 2.40. The summed E-state index contributed by atoms with van der Waals surface area (Å²) in [7, 11) is 0. The molecule has 4 N–H and O–H groups in total. The Labute approximate surface area is 67.1 Å². The summed E-state index contributed by atoms with van der Waals surface area (Å²) in [5.41, 5.74) is 11.1. The van der Waals surface area contributed by atoms with Gasteiger partial charge in [0.2, 0.25) is 0 Å². The van der Waals surface area contributed by atoms with Crippen LogP contribution in [0.3, 0.4) is 0 Å². The van der Waals surface area contributed by atoms with Crippen molar-refractivity contribution in [1.29, 1.82) is 0 Å². The second-order valence-electron chi connectivity index (χ2n) is 3.63. The van der Waals surface area contributed by atoms with E-state index in [1.807, 2.05) is 6.92 Å². The van der Waals surface area contributed by atoms with Crippen molar-refractivity contribution in [1.82, 2.24) is 0 Å². The van der Waals surface area contributed by atoms with Crippen molar-refractivity contribution in [3.8, 4) is 0 Å². The van der Waals surface area contributed by atoms with Gasteiger partial charge in [0.1, 0.15) is 6.29 Å². The zero-order valence-corrected chi connectivity index (χ0v) is 6.92. The van der Waals surface area contributed by atoms with Crippen LogP contribution in [0.1, 0.15) is 26.2 Å². The largest absolute Gasteiger partial charge is 0.327 e. The Hall–Kier alpha value is -0.410. The monoisotopic (exact) mass is 156 g/mol. The molecule has 1 rings (SSSR count). The van der Waals surface area contributed by atoms with Gasteiger partial charge in [0, 0.05) is 12.1 Å². The first-order chi connectivity index (χ1) is 5.11. The molecule has 2 unspecified atom stereocenters. The van der Waals surface area contributed by atoms with Crippen molar-refractivity contribution in [3.63, 3.8) is 0 Å². The summed E-state index contributed by atoms with van der Waals surface area (Å²) in [5, 5.41) is 0. The SMILES string of the molecule is CC1(C=O)C(N)CCCC1N. The number of nitrogens with two attached hydrogens (primary N) is 2. The first kappa shape index (κ1) is 8.68. The van der Waals surface area contributed by atoms with Crippen LogP contribution >= 0.6 is 0 Å². The fourth-order valence-corrected chi connectivity index (χ4v) is 1.63. The van der Waals surface area contributed by atoms with E-state index in [2.05, 4.69) is 0 Å². The zero-order chi connectivity index (χ0) is 8.48. The van der Waals surface area contributed by atoms with Crippen LogP contribution in [-0.2, 0) is 4.79 Å². The predicted octanol–water partition coefficient (Wildman–Crippen LogP) is 0.0301. The third kappa shape index (κ3) is 1.30. The fraction of sp³-hybridized carbons (Fsp3) is 0.875. The lowest BCUT2D eigenvalue weighted by Gasteiger charge is -2.39. The van der Waals surface area contributed by atoms with Crippen LogP contribution in [0.4, 0.5) is 0 Å². The Kier molecular flexibility index (Phi) is 2.30. The molecule has 1 aliphatic carbocycles. The van der Waals surface area contributed by atoms with E-state index >= 15 is 0 Å². The quantitative estimate of drug-likeness (QED) is 0.526. The maximum Gasteiger partial charge on any atom is 0.128 e. The lowest BCUT2D eigenvalue weighted by atomic mass is 9.70. The zero-order valence-electron chi connectivity index (χ0n) is 6.92. The van der Waals surface area contributed by atoms with E-state index < -0.39 is 5.41 Å². The summed E-state index contributed by atoms with van der Waals surface area (Å²) in [4.78, 5) is 10.7. The molecule has 0 aromatic heterocycles. The standard InChI is InChI=1S/C8H16N2O/c1-8(5-11)6(9)3-2-4-7(8)10/h5-7H,2-4,9-10H2,1H3.